The van der Waals surface area contributed by atoms with Gasteiger partial charge in [0.1, 0.15) is 6.61 Å². The molecule has 0 amide bonds. The van der Waals surface area contributed by atoms with Gasteiger partial charge in [-0.25, -0.2) is 8.78 Å². The van der Waals surface area contributed by atoms with E-state index in [1.54, 1.807) is 6.07 Å². The van der Waals surface area contributed by atoms with E-state index in [0.717, 1.165) is 42.8 Å². The van der Waals surface area contributed by atoms with Crippen molar-refractivity contribution in [3.8, 4) is 17.6 Å². The predicted octanol–water partition coefficient (Wildman–Crippen LogP) is 6.80. The Hall–Kier alpha value is -3.38. The third kappa shape index (κ3) is 5.41. The molecule has 0 spiro atoms. The number of allylic oxidation sites excluding steroid dienone is 4. The molecule has 0 fully saturated rings. The molecule has 1 heterocycles. The van der Waals surface area contributed by atoms with Gasteiger partial charge in [0.05, 0.1) is 28.6 Å². The van der Waals surface area contributed by atoms with E-state index in [0.29, 0.717) is 45.7 Å². The van der Waals surface area contributed by atoms with E-state index in [2.05, 4.69) is 34.2 Å². The number of Topliss-reactive ketones (excluding diaryl/α,β-unsaturated/α-hetero) is 1. The zero-order chi connectivity index (χ0) is 27.6. The van der Waals surface area contributed by atoms with Gasteiger partial charge in [0.25, 0.3) is 0 Å². The highest BCUT2D eigenvalue weighted by Crippen LogP contribution is 2.47. The minimum atomic E-state index is -1.03. The summed E-state index contributed by atoms with van der Waals surface area (Å²) in [6.07, 6.45) is 3.19. The average Bonchev–Trinajstić information content (AvgIpc) is 2.85. The molecule has 2 atom stereocenters. The second kappa shape index (κ2) is 11.6. The van der Waals surface area contributed by atoms with Crippen LogP contribution < -0.4 is 20.5 Å². The summed E-state index contributed by atoms with van der Waals surface area (Å²) in [6, 6.07) is 7.81. The number of nitrogens with zero attached hydrogens (tertiary/aromatic N) is 1. The largest absolute Gasteiger partial charge is 0.490 e. The molecule has 2 aromatic carbocycles. The fourth-order valence-corrected chi connectivity index (χ4v) is 5.82. The van der Waals surface area contributed by atoms with Crippen LogP contribution in [0.15, 0.2) is 51.3 Å². The number of ether oxygens (including phenoxy) is 2. The van der Waals surface area contributed by atoms with Crippen molar-refractivity contribution in [2.24, 2.45) is 5.92 Å². The zero-order valence-electron chi connectivity index (χ0n) is 21.6. The molecule has 9 heteroatoms. The number of halogens is 3. The molecule has 2 aromatic rings. The number of hydrogen-bond acceptors (Lipinski definition) is 6. The summed E-state index contributed by atoms with van der Waals surface area (Å²) < 4.78 is 39.6. The van der Waals surface area contributed by atoms with Crippen molar-refractivity contribution in [1.82, 2.24) is 5.32 Å². The van der Waals surface area contributed by atoms with Crippen LogP contribution in [0.25, 0.3) is 0 Å². The van der Waals surface area contributed by atoms with Crippen molar-refractivity contribution in [1.29, 1.82) is 5.26 Å². The molecule has 0 saturated carbocycles. The number of carbonyl (C=O) groups excluding carboxylic acids is 1. The Bertz CT molecular complexity index is 1380. The van der Waals surface area contributed by atoms with Crippen molar-refractivity contribution in [2.45, 2.75) is 59.0 Å². The van der Waals surface area contributed by atoms with Crippen LogP contribution in [-0.2, 0) is 11.4 Å². The van der Waals surface area contributed by atoms with Crippen LogP contribution in [0.2, 0.25) is 0 Å². The van der Waals surface area contributed by atoms with Crippen molar-refractivity contribution < 1.29 is 23.0 Å². The van der Waals surface area contributed by atoms with Crippen molar-refractivity contribution in [3.63, 3.8) is 0 Å². The first-order valence-electron chi connectivity index (χ1n) is 12.6. The Balaban J connectivity index is 1.75. The van der Waals surface area contributed by atoms with Gasteiger partial charge >= 0.3 is 0 Å². The molecule has 0 unspecified atom stereocenters. The number of nitrogens with one attached hydrogen (secondary N) is 1. The van der Waals surface area contributed by atoms with Crippen molar-refractivity contribution in [2.75, 3.05) is 12.3 Å². The maximum absolute atomic E-state index is 13.8. The number of benzene rings is 2. The lowest BCUT2D eigenvalue weighted by Gasteiger charge is -2.35. The normalized spacial score (nSPS) is 19.1. The van der Waals surface area contributed by atoms with Gasteiger partial charge in [0, 0.05) is 40.7 Å². The SMILES string of the molecule is CCC[C@@H]1CC(=O)C2=C(C1)NC(C)=C(C#N)[C@H]2c1cc(Br)c(OCc2cc(F)c(F)cc2N)c(OCC)c1. The molecule has 3 N–H and O–H groups in total. The summed E-state index contributed by atoms with van der Waals surface area (Å²) in [7, 11) is 0. The molecule has 2 aliphatic rings. The number of ketones is 1. The number of nitriles is 1. The van der Waals surface area contributed by atoms with E-state index < -0.39 is 17.6 Å². The first kappa shape index (κ1) is 27.6. The fraction of sp³-hybridized carbons (Fsp3) is 0.379. The summed E-state index contributed by atoms with van der Waals surface area (Å²) in [5.74, 6) is -1.53. The number of hydrogen-bond donors (Lipinski definition) is 2. The molecule has 0 bridgehead atoms. The number of carbonyl (C=O) groups is 1. The monoisotopic (exact) mass is 585 g/mol. The van der Waals surface area contributed by atoms with E-state index >= 15 is 0 Å². The van der Waals surface area contributed by atoms with Gasteiger partial charge in [0.2, 0.25) is 0 Å². The van der Waals surface area contributed by atoms with E-state index in [1.165, 1.54) is 0 Å². The average molecular weight is 586 g/mol. The summed E-state index contributed by atoms with van der Waals surface area (Å²) in [5.41, 5.74) is 9.63. The van der Waals surface area contributed by atoms with Crippen LogP contribution in [0.3, 0.4) is 0 Å². The number of dihydropyridines is 1. The molecule has 200 valence electrons. The standard InChI is InChI=1S/C29H30BrF2N3O3/c1-4-6-16-7-24-28(25(36)8-16)27(19(13-33)15(3)35-24)17-9-20(30)29(26(11-17)37-5-2)38-14-18-10-21(31)22(32)12-23(18)34/h9-12,16,27,35H,4-8,14,34H2,1-3H3/t16-,27+/m0/s1. The number of rotatable bonds is 8. The van der Waals surface area contributed by atoms with Crippen LogP contribution in [-0.4, -0.2) is 12.4 Å². The Labute approximate surface area is 229 Å². The highest BCUT2D eigenvalue weighted by atomic mass is 79.9. The topological polar surface area (TPSA) is 97.4 Å². The van der Waals surface area contributed by atoms with Gasteiger partial charge in [-0.05, 0) is 72.3 Å². The fourth-order valence-electron chi connectivity index (χ4n) is 5.25. The van der Waals surface area contributed by atoms with Gasteiger partial charge in [0.15, 0.2) is 28.9 Å². The van der Waals surface area contributed by atoms with Crippen LogP contribution in [0.1, 0.15) is 63.5 Å². The summed E-state index contributed by atoms with van der Waals surface area (Å²) >= 11 is 3.56. The number of nitrogens with two attached hydrogens (primary N) is 1. The summed E-state index contributed by atoms with van der Waals surface area (Å²) in [4.78, 5) is 13.4. The Morgan fingerprint density at radius 3 is 2.58 bits per heavy atom. The smallest absolute Gasteiger partial charge is 0.175 e. The van der Waals surface area contributed by atoms with Crippen molar-refractivity contribution in [3.05, 3.63) is 74.0 Å². The molecule has 6 nitrogen and oxygen atoms in total. The van der Waals surface area contributed by atoms with Crippen LogP contribution in [0.4, 0.5) is 14.5 Å². The highest BCUT2D eigenvalue weighted by Gasteiger charge is 2.39. The zero-order valence-corrected chi connectivity index (χ0v) is 23.2. The van der Waals surface area contributed by atoms with Gasteiger partial charge in [-0.1, -0.05) is 13.3 Å². The van der Waals surface area contributed by atoms with Gasteiger partial charge in [-0.3, -0.25) is 4.79 Å². The lowest BCUT2D eigenvalue weighted by molar-refractivity contribution is -0.117. The number of anilines is 1. The quantitative estimate of drug-likeness (QED) is 0.330. The summed E-state index contributed by atoms with van der Waals surface area (Å²) in [6.45, 7) is 6.00. The van der Waals surface area contributed by atoms with E-state index in [9.17, 15) is 18.8 Å². The first-order chi connectivity index (χ1) is 18.2. The lowest BCUT2D eigenvalue weighted by atomic mass is 9.72. The molecule has 1 aliphatic carbocycles. The molecule has 1 aliphatic heterocycles. The van der Waals surface area contributed by atoms with Gasteiger partial charge in [-0.2, -0.15) is 5.26 Å². The minimum absolute atomic E-state index is 0.0469. The molecule has 38 heavy (non-hydrogen) atoms. The molecular formula is C29H30BrF2N3O3. The van der Waals surface area contributed by atoms with Crippen LogP contribution in [0, 0.1) is 28.9 Å². The van der Waals surface area contributed by atoms with E-state index in [1.807, 2.05) is 19.9 Å². The van der Waals surface area contributed by atoms with Crippen LogP contribution in [0.5, 0.6) is 11.5 Å². The predicted molar refractivity (Wildman–Crippen MR) is 144 cm³/mol. The minimum Gasteiger partial charge on any atom is -0.490 e. The maximum Gasteiger partial charge on any atom is 0.175 e. The number of nitrogen functional groups attached to an aromatic ring is 1. The van der Waals surface area contributed by atoms with E-state index in [4.69, 9.17) is 15.2 Å². The molecule has 0 radical (unpaired) electrons. The van der Waals surface area contributed by atoms with Crippen LogP contribution >= 0.6 is 15.9 Å². The van der Waals surface area contributed by atoms with Crippen molar-refractivity contribution >= 4 is 27.4 Å². The second-order valence-corrected chi connectivity index (χ2v) is 10.5. The van der Waals surface area contributed by atoms with Gasteiger partial charge < -0.3 is 20.5 Å². The van der Waals surface area contributed by atoms with E-state index in [-0.39, 0.29) is 29.6 Å². The Morgan fingerprint density at radius 2 is 1.89 bits per heavy atom. The molecule has 0 aromatic heterocycles. The third-order valence-corrected chi connectivity index (χ3v) is 7.54. The first-order valence-corrected chi connectivity index (χ1v) is 13.4. The molecule has 0 saturated heterocycles. The Morgan fingerprint density at radius 1 is 1.16 bits per heavy atom. The summed E-state index contributed by atoms with van der Waals surface area (Å²) in [5, 5.41) is 13.4. The highest BCUT2D eigenvalue weighted by molar-refractivity contribution is 9.10. The molecule has 4 rings (SSSR count). The van der Waals surface area contributed by atoms with Gasteiger partial charge in [-0.15, -0.1) is 0 Å². The molecular weight excluding hydrogens is 556 g/mol. The maximum atomic E-state index is 13.8. The third-order valence-electron chi connectivity index (χ3n) is 6.95. The second-order valence-electron chi connectivity index (χ2n) is 9.60. The lowest BCUT2D eigenvalue weighted by Crippen LogP contribution is -2.34. The Kier molecular flexibility index (Phi) is 8.41.